The molecular formula is C19H28Cl2Hf. The molecule has 0 aromatic heterocycles. The van der Waals surface area contributed by atoms with Gasteiger partial charge >= 0.3 is 25.8 Å². The third kappa shape index (κ3) is 7.32. The molecule has 0 spiro atoms. The van der Waals surface area contributed by atoms with Crippen molar-refractivity contribution in [2.24, 2.45) is 0 Å². The topological polar surface area (TPSA) is 0 Å². The third-order valence-electron chi connectivity index (χ3n) is 4.30. The van der Waals surface area contributed by atoms with Crippen molar-refractivity contribution >= 4 is 0 Å². The molecule has 122 valence electrons. The van der Waals surface area contributed by atoms with Crippen molar-refractivity contribution < 1.29 is 50.7 Å². The zero-order chi connectivity index (χ0) is 13.5. The minimum absolute atomic E-state index is 0. The molecule has 0 atom stereocenters. The average molecular weight is 506 g/mol. The number of allylic oxidation sites excluding steroid dienone is 8. The van der Waals surface area contributed by atoms with Gasteiger partial charge in [-0.15, -0.1) is 0 Å². The quantitative estimate of drug-likeness (QED) is 0.416. The second kappa shape index (κ2) is 13.8. The van der Waals surface area contributed by atoms with Crippen LogP contribution in [0.5, 0.6) is 0 Å². The molecular weight excluding hydrogens is 478 g/mol. The summed E-state index contributed by atoms with van der Waals surface area (Å²) in [5.74, 6) is 0. The van der Waals surface area contributed by atoms with E-state index >= 15 is 0 Å². The maximum Gasteiger partial charge on any atom is 2.00 e. The van der Waals surface area contributed by atoms with Crippen LogP contribution in [0, 0.1) is 0 Å². The predicted molar refractivity (Wildman–Crippen MR) is 85.2 cm³/mol. The molecule has 0 aliphatic heterocycles. The van der Waals surface area contributed by atoms with Gasteiger partial charge in [0.15, 0.2) is 0 Å². The Morgan fingerprint density at radius 1 is 0.773 bits per heavy atom. The van der Waals surface area contributed by atoms with Crippen molar-refractivity contribution in [1.82, 2.24) is 0 Å². The number of hydrogen-bond acceptors (Lipinski definition) is 0. The molecule has 2 aliphatic carbocycles. The number of rotatable bonds is 8. The summed E-state index contributed by atoms with van der Waals surface area (Å²) in [5.41, 5.74) is 6.66. The first-order chi connectivity index (χ1) is 9.35. The number of unbranched alkanes of at least 4 members (excludes halogenated alkanes) is 2. The molecule has 0 N–H and O–H groups in total. The Balaban J connectivity index is 0. The van der Waals surface area contributed by atoms with Gasteiger partial charge in [0, 0.05) is 0 Å². The van der Waals surface area contributed by atoms with E-state index in [0.717, 1.165) is 0 Å². The molecule has 2 rings (SSSR count). The standard InChI is InChI=1S/C19H28.2ClH.Hf/c1-3-5-9-16-11-7-13-18(16)15-19-14-8-12-17(19)10-6-4-2;;;/h7-8,11-12H,3-6,9-10,13-15H2,1-2H3;2*1H;/q;;;+2/p-2. The molecule has 0 unspecified atom stereocenters. The fraction of sp³-hybridized carbons (Fsp3) is 0.579. The van der Waals surface area contributed by atoms with Gasteiger partial charge in [0.1, 0.15) is 0 Å². The second-order valence-electron chi connectivity index (χ2n) is 5.85. The monoisotopic (exact) mass is 506 g/mol. The van der Waals surface area contributed by atoms with E-state index in [0.29, 0.717) is 0 Å². The molecule has 0 aromatic carbocycles. The van der Waals surface area contributed by atoms with Gasteiger partial charge in [0.2, 0.25) is 0 Å². The van der Waals surface area contributed by atoms with Crippen LogP contribution in [0.3, 0.4) is 0 Å². The average Bonchev–Trinajstić information content (AvgIpc) is 3.04. The normalized spacial score (nSPS) is 15.7. The zero-order valence-corrected chi connectivity index (χ0v) is 19.0. The van der Waals surface area contributed by atoms with Gasteiger partial charge in [-0.1, -0.05) is 62.1 Å². The predicted octanol–water partition coefficient (Wildman–Crippen LogP) is 0.275. The summed E-state index contributed by atoms with van der Waals surface area (Å²) in [6, 6.07) is 0. The summed E-state index contributed by atoms with van der Waals surface area (Å²) < 4.78 is 0. The minimum Gasteiger partial charge on any atom is -1.00 e. The molecule has 0 heterocycles. The molecule has 2 aliphatic rings. The van der Waals surface area contributed by atoms with Crippen molar-refractivity contribution in [3.63, 3.8) is 0 Å². The Bertz CT molecular complexity index is 391. The van der Waals surface area contributed by atoms with Gasteiger partial charge < -0.3 is 24.8 Å². The van der Waals surface area contributed by atoms with Crippen molar-refractivity contribution in [3.05, 3.63) is 46.6 Å². The van der Waals surface area contributed by atoms with E-state index in [1.807, 2.05) is 0 Å². The van der Waals surface area contributed by atoms with Crippen LogP contribution in [0.15, 0.2) is 46.6 Å². The van der Waals surface area contributed by atoms with Crippen LogP contribution in [0.1, 0.15) is 71.6 Å². The van der Waals surface area contributed by atoms with Gasteiger partial charge in [-0.05, 0) is 56.1 Å². The maximum absolute atomic E-state index is 2.37. The molecule has 0 saturated heterocycles. The van der Waals surface area contributed by atoms with E-state index in [4.69, 9.17) is 0 Å². The fourth-order valence-corrected chi connectivity index (χ4v) is 3.07. The van der Waals surface area contributed by atoms with Crippen molar-refractivity contribution in [2.45, 2.75) is 71.6 Å². The Morgan fingerprint density at radius 3 is 1.55 bits per heavy atom. The summed E-state index contributed by atoms with van der Waals surface area (Å²) >= 11 is 0. The van der Waals surface area contributed by atoms with E-state index in [2.05, 4.69) is 38.2 Å². The van der Waals surface area contributed by atoms with Crippen LogP contribution in [-0.2, 0) is 25.8 Å². The molecule has 0 fully saturated rings. The van der Waals surface area contributed by atoms with Gasteiger partial charge in [0.05, 0.1) is 0 Å². The first-order valence-corrected chi connectivity index (χ1v) is 8.10. The Morgan fingerprint density at radius 2 is 1.18 bits per heavy atom. The largest absolute Gasteiger partial charge is 2.00 e. The van der Waals surface area contributed by atoms with Crippen LogP contribution in [-0.4, -0.2) is 0 Å². The summed E-state index contributed by atoms with van der Waals surface area (Å²) in [5, 5.41) is 0. The summed E-state index contributed by atoms with van der Waals surface area (Å²) in [6.45, 7) is 4.57. The molecule has 3 heteroatoms. The zero-order valence-electron chi connectivity index (χ0n) is 13.9. The number of halogens is 2. The van der Waals surface area contributed by atoms with Crippen LogP contribution in [0.2, 0.25) is 0 Å². The fourth-order valence-electron chi connectivity index (χ4n) is 3.07. The Labute approximate surface area is 168 Å². The maximum atomic E-state index is 2.37. The van der Waals surface area contributed by atoms with E-state index in [1.165, 1.54) is 57.8 Å². The van der Waals surface area contributed by atoms with Crippen LogP contribution in [0.25, 0.3) is 0 Å². The SMILES string of the molecule is CCCCC1=C(CC2=C(CCCC)C=CC2)CC=C1.[Cl-].[Cl-].[Hf+2]. The van der Waals surface area contributed by atoms with E-state index < -0.39 is 0 Å². The smallest absolute Gasteiger partial charge is 1.00 e. The Kier molecular flexibility index (Phi) is 15.5. The summed E-state index contributed by atoms with van der Waals surface area (Å²) in [6.07, 6.45) is 20.9. The first-order valence-electron chi connectivity index (χ1n) is 8.10. The van der Waals surface area contributed by atoms with Gasteiger partial charge in [-0.25, -0.2) is 0 Å². The van der Waals surface area contributed by atoms with E-state index in [-0.39, 0.29) is 50.7 Å². The van der Waals surface area contributed by atoms with E-state index in [1.54, 1.807) is 22.3 Å². The van der Waals surface area contributed by atoms with Crippen LogP contribution in [0.4, 0.5) is 0 Å². The molecule has 22 heavy (non-hydrogen) atoms. The minimum atomic E-state index is 0. The summed E-state index contributed by atoms with van der Waals surface area (Å²) in [7, 11) is 0. The third-order valence-corrected chi connectivity index (χ3v) is 4.30. The molecule has 0 amide bonds. The molecule has 0 aromatic rings. The van der Waals surface area contributed by atoms with Crippen molar-refractivity contribution in [1.29, 1.82) is 0 Å². The van der Waals surface area contributed by atoms with Crippen LogP contribution >= 0.6 is 0 Å². The first kappa shape index (κ1) is 24.7. The van der Waals surface area contributed by atoms with Gasteiger partial charge in [-0.2, -0.15) is 0 Å². The van der Waals surface area contributed by atoms with Crippen molar-refractivity contribution in [3.8, 4) is 0 Å². The van der Waals surface area contributed by atoms with Crippen LogP contribution < -0.4 is 24.8 Å². The number of hydrogen-bond donors (Lipinski definition) is 0. The Hall–Kier alpha value is 0.410. The van der Waals surface area contributed by atoms with Gasteiger partial charge in [0.25, 0.3) is 0 Å². The second-order valence-corrected chi connectivity index (χ2v) is 5.85. The molecule has 0 radical (unpaired) electrons. The molecule has 0 nitrogen and oxygen atoms in total. The summed E-state index contributed by atoms with van der Waals surface area (Å²) in [4.78, 5) is 0. The van der Waals surface area contributed by atoms with Crippen molar-refractivity contribution in [2.75, 3.05) is 0 Å². The molecule has 0 bridgehead atoms. The molecule has 0 saturated carbocycles. The van der Waals surface area contributed by atoms with E-state index in [9.17, 15) is 0 Å². The van der Waals surface area contributed by atoms with Gasteiger partial charge in [-0.3, -0.25) is 0 Å².